The number of hydrogen-bond acceptors (Lipinski definition) is 3. The van der Waals surface area contributed by atoms with Gasteiger partial charge in [-0.1, -0.05) is 0 Å². The van der Waals surface area contributed by atoms with Crippen molar-refractivity contribution >= 4 is 12.0 Å². The summed E-state index contributed by atoms with van der Waals surface area (Å²) in [6.45, 7) is 0.359. The molecule has 3 atom stereocenters. The van der Waals surface area contributed by atoms with Gasteiger partial charge in [0.05, 0.1) is 12.6 Å². The zero-order valence-electron chi connectivity index (χ0n) is 9.25. The van der Waals surface area contributed by atoms with Gasteiger partial charge >= 0.3 is 6.09 Å². The van der Waals surface area contributed by atoms with E-state index in [1.165, 1.54) is 4.90 Å². The molecule has 2 aliphatic heterocycles. The maximum Gasteiger partial charge on any atom is 0.407 e. The number of halogens is 1. The van der Waals surface area contributed by atoms with E-state index >= 15 is 0 Å². The average Bonchev–Trinajstić information content (AvgIpc) is 2.60. The number of carboxylic acid groups (broad SMARTS) is 1. The lowest BCUT2D eigenvalue weighted by Crippen LogP contribution is -2.54. The van der Waals surface area contributed by atoms with Crippen LogP contribution in [-0.4, -0.2) is 70.0 Å². The second-order valence-electron chi connectivity index (χ2n) is 4.44. The van der Waals surface area contributed by atoms with Crippen molar-refractivity contribution in [2.24, 2.45) is 0 Å². The highest BCUT2D eigenvalue weighted by atomic mass is 19.1. The molecule has 2 aliphatic rings. The highest BCUT2D eigenvalue weighted by molar-refractivity contribution is 5.83. The minimum absolute atomic E-state index is 0.208. The molecular formula is C10H15FN2O4. The van der Waals surface area contributed by atoms with E-state index in [4.69, 9.17) is 5.11 Å². The Hall–Kier alpha value is -1.37. The third-order valence-corrected chi connectivity index (χ3v) is 3.39. The van der Waals surface area contributed by atoms with E-state index in [-0.39, 0.29) is 19.5 Å². The number of hydrogen-bond donors (Lipinski definition) is 2. The van der Waals surface area contributed by atoms with Crippen molar-refractivity contribution in [1.82, 2.24) is 9.80 Å². The minimum atomic E-state index is -1.38. The van der Waals surface area contributed by atoms with Gasteiger partial charge < -0.3 is 20.0 Å². The van der Waals surface area contributed by atoms with Gasteiger partial charge in [0.15, 0.2) is 0 Å². The predicted molar refractivity (Wildman–Crippen MR) is 55.2 cm³/mol. The molecule has 0 saturated carbocycles. The topological polar surface area (TPSA) is 81.1 Å². The predicted octanol–water partition coefficient (Wildman–Crippen LogP) is -0.330. The summed E-state index contributed by atoms with van der Waals surface area (Å²) in [6.07, 6.45) is -2.94. The number of amides is 2. The van der Waals surface area contributed by atoms with Crippen molar-refractivity contribution in [3.05, 3.63) is 0 Å². The summed E-state index contributed by atoms with van der Waals surface area (Å²) in [6, 6.07) is -0.602. The highest BCUT2D eigenvalue weighted by Crippen LogP contribution is 2.24. The van der Waals surface area contributed by atoms with E-state index in [2.05, 4.69) is 0 Å². The Balaban J connectivity index is 2.00. The third-order valence-electron chi connectivity index (χ3n) is 3.39. The summed E-state index contributed by atoms with van der Waals surface area (Å²) in [4.78, 5) is 24.6. The Morgan fingerprint density at radius 1 is 1.35 bits per heavy atom. The molecule has 1 unspecified atom stereocenters. The fourth-order valence-corrected chi connectivity index (χ4v) is 2.43. The van der Waals surface area contributed by atoms with Gasteiger partial charge in [0, 0.05) is 13.1 Å². The number of nitrogens with zero attached hydrogens (tertiary/aromatic N) is 2. The third kappa shape index (κ3) is 2.19. The number of aliphatic hydroxyl groups is 1. The van der Waals surface area contributed by atoms with Gasteiger partial charge in [-0.05, 0) is 12.8 Å². The molecule has 0 radical (unpaired) electrons. The zero-order chi connectivity index (χ0) is 12.6. The summed E-state index contributed by atoms with van der Waals surface area (Å²) < 4.78 is 13.8. The molecule has 2 fully saturated rings. The summed E-state index contributed by atoms with van der Waals surface area (Å²) in [5, 5.41) is 18.0. The smallest absolute Gasteiger partial charge is 0.407 e. The monoisotopic (exact) mass is 246 g/mol. The van der Waals surface area contributed by atoms with Crippen LogP contribution < -0.4 is 0 Å². The van der Waals surface area contributed by atoms with Gasteiger partial charge in [0.1, 0.15) is 12.3 Å². The van der Waals surface area contributed by atoms with Crippen LogP contribution >= 0.6 is 0 Å². The summed E-state index contributed by atoms with van der Waals surface area (Å²) in [5.74, 6) is -0.443. The second kappa shape index (κ2) is 4.48. The molecule has 2 saturated heterocycles. The van der Waals surface area contributed by atoms with E-state index in [0.29, 0.717) is 13.0 Å². The first-order chi connectivity index (χ1) is 8.00. The van der Waals surface area contributed by atoms with Crippen LogP contribution in [0.3, 0.4) is 0 Å². The largest absolute Gasteiger partial charge is 0.465 e. The van der Waals surface area contributed by atoms with E-state index in [1.54, 1.807) is 0 Å². The zero-order valence-corrected chi connectivity index (χ0v) is 9.25. The van der Waals surface area contributed by atoms with Crippen LogP contribution in [-0.2, 0) is 4.79 Å². The van der Waals surface area contributed by atoms with Gasteiger partial charge in [0.2, 0.25) is 0 Å². The van der Waals surface area contributed by atoms with Gasteiger partial charge in [-0.15, -0.1) is 0 Å². The molecule has 0 aromatic rings. The number of piperidine rings is 1. The Morgan fingerprint density at radius 2 is 2.06 bits per heavy atom. The number of carbonyl (C=O) groups is 2. The van der Waals surface area contributed by atoms with Gasteiger partial charge in [-0.3, -0.25) is 4.79 Å². The lowest BCUT2D eigenvalue weighted by molar-refractivity contribution is -0.138. The molecular weight excluding hydrogens is 231 g/mol. The molecule has 0 aromatic carbocycles. The van der Waals surface area contributed by atoms with Crippen molar-refractivity contribution in [2.75, 3.05) is 19.6 Å². The Kier molecular flexibility index (Phi) is 3.19. The highest BCUT2D eigenvalue weighted by Gasteiger charge is 2.41. The molecule has 0 aromatic heterocycles. The van der Waals surface area contributed by atoms with Crippen LogP contribution in [0, 0.1) is 0 Å². The lowest BCUT2D eigenvalue weighted by atomic mass is 10.0. The Bertz CT molecular complexity index is 338. The van der Waals surface area contributed by atoms with Gasteiger partial charge in [0.25, 0.3) is 5.91 Å². The van der Waals surface area contributed by atoms with Crippen molar-refractivity contribution in [2.45, 2.75) is 31.2 Å². The van der Waals surface area contributed by atoms with Crippen LogP contribution in [0.5, 0.6) is 0 Å². The van der Waals surface area contributed by atoms with E-state index in [0.717, 1.165) is 4.90 Å². The summed E-state index contributed by atoms with van der Waals surface area (Å²) in [5.41, 5.74) is 0. The molecule has 2 heterocycles. The molecule has 96 valence electrons. The number of likely N-dealkylation sites (tertiary alicyclic amines) is 2. The summed E-state index contributed by atoms with van der Waals surface area (Å²) >= 11 is 0. The van der Waals surface area contributed by atoms with Crippen molar-refractivity contribution in [3.8, 4) is 0 Å². The van der Waals surface area contributed by atoms with Crippen LogP contribution in [0.4, 0.5) is 9.18 Å². The number of aliphatic hydroxyl groups excluding tert-OH is 1. The maximum atomic E-state index is 13.8. The molecule has 6 nitrogen and oxygen atoms in total. The second-order valence-corrected chi connectivity index (χ2v) is 4.44. The minimum Gasteiger partial charge on any atom is -0.465 e. The molecule has 2 rings (SSSR count). The first-order valence-corrected chi connectivity index (χ1v) is 5.61. The number of alkyl halides is 1. The van der Waals surface area contributed by atoms with Crippen molar-refractivity contribution in [1.29, 1.82) is 0 Å². The van der Waals surface area contributed by atoms with Crippen molar-refractivity contribution < 1.29 is 24.2 Å². The van der Waals surface area contributed by atoms with E-state index < -0.39 is 30.3 Å². The number of rotatable bonds is 1. The molecule has 0 aliphatic carbocycles. The Morgan fingerprint density at radius 3 is 2.53 bits per heavy atom. The fraction of sp³-hybridized carbons (Fsp3) is 0.800. The van der Waals surface area contributed by atoms with Crippen LogP contribution in [0.15, 0.2) is 0 Å². The van der Waals surface area contributed by atoms with E-state index in [9.17, 15) is 19.1 Å². The average molecular weight is 246 g/mol. The molecule has 2 amide bonds. The first-order valence-electron chi connectivity index (χ1n) is 5.61. The molecule has 17 heavy (non-hydrogen) atoms. The van der Waals surface area contributed by atoms with Gasteiger partial charge in [-0.25, -0.2) is 9.18 Å². The normalized spacial score (nSPS) is 34.2. The fourth-order valence-electron chi connectivity index (χ4n) is 2.43. The van der Waals surface area contributed by atoms with Crippen LogP contribution in [0.25, 0.3) is 0 Å². The SMILES string of the molecule is O=C(O)N1CC[C@H](N2CCC(O)C2=O)[C@@H](F)C1. The maximum absolute atomic E-state index is 13.8. The van der Waals surface area contributed by atoms with Crippen LogP contribution in [0.2, 0.25) is 0 Å². The Labute approximate surface area is 97.6 Å². The lowest BCUT2D eigenvalue weighted by Gasteiger charge is -2.37. The quantitative estimate of drug-likeness (QED) is 0.664. The summed E-state index contributed by atoms with van der Waals surface area (Å²) in [7, 11) is 0. The number of carbonyl (C=O) groups excluding carboxylic acids is 1. The van der Waals surface area contributed by atoms with Gasteiger partial charge in [-0.2, -0.15) is 0 Å². The molecule has 2 N–H and O–H groups in total. The molecule has 0 spiro atoms. The first kappa shape index (κ1) is 12.1. The standard InChI is InChI=1S/C10H15FN2O4/c11-6-5-12(10(16)17)3-1-7(6)13-4-2-8(14)9(13)15/h6-8,14H,1-5H2,(H,16,17)/t6-,7-,8?/m0/s1. The van der Waals surface area contributed by atoms with Crippen molar-refractivity contribution in [3.63, 3.8) is 0 Å². The molecule has 7 heteroatoms. The van der Waals surface area contributed by atoms with E-state index in [1.807, 2.05) is 0 Å². The van der Waals surface area contributed by atoms with Crippen LogP contribution in [0.1, 0.15) is 12.8 Å². The molecule has 0 bridgehead atoms.